The highest BCUT2D eigenvalue weighted by atomic mass is 35.5. The number of amides is 2. The summed E-state index contributed by atoms with van der Waals surface area (Å²) >= 11 is 6.40. The second-order valence-corrected chi connectivity index (χ2v) is 9.72. The Labute approximate surface area is 209 Å². The van der Waals surface area contributed by atoms with Gasteiger partial charge in [0.05, 0.1) is 17.3 Å². The number of fused-ring (bicyclic) bond motifs is 1. The first-order valence-electron chi connectivity index (χ1n) is 11.7. The van der Waals surface area contributed by atoms with Gasteiger partial charge in [0.2, 0.25) is 5.91 Å². The molecule has 3 heterocycles. The van der Waals surface area contributed by atoms with Crippen molar-refractivity contribution in [3.8, 4) is 11.8 Å². The smallest absolute Gasteiger partial charge is 0.276 e. The fourth-order valence-electron chi connectivity index (χ4n) is 5.16. The molecule has 1 aromatic carbocycles. The van der Waals surface area contributed by atoms with E-state index in [1.165, 1.54) is 6.20 Å². The third-order valence-corrected chi connectivity index (χ3v) is 7.19. The van der Waals surface area contributed by atoms with Gasteiger partial charge in [-0.15, -0.1) is 0 Å². The van der Waals surface area contributed by atoms with Crippen LogP contribution in [-0.2, 0) is 4.79 Å². The van der Waals surface area contributed by atoms with Crippen molar-refractivity contribution in [3.05, 3.63) is 76.2 Å². The van der Waals surface area contributed by atoms with E-state index in [1.54, 1.807) is 17.8 Å². The predicted molar refractivity (Wildman–Crippen MR) is 134 cm³/mol. The minimum Gasteiger partial charge on any atom is -0.342 e. The van der Waals surface area contributed by atoms with Crippen LogP contribution >= 0.6 is 11.6 Å². The molecule has 0 unspecified atom stereocenters. The molecule has 0 spiro atoms. The van der Waals surface area contributed by atoms with Gasteiger partial charge in [-0.05, 0) is 55.4 Å². The van der Waals surface area contributed by atoms with Crippen LogP contribution in [-0.4, -0.2) is 44.6 Å². The Morgan fingerprint density at radius 3 is 2.40 bits per heavy atom. The van der Waals surface area contributed by atoms with Crippen molar-refractivity contribution < 1.29 is 9.59 Å². The average molecular weight is 488 g/mol. The van der Waals surface area contributed by atoms with Crippen LogP contribution in [0.4, 0.5) is 5.82 Å². The molecule has 2 aromatic heterocycles. The SMILES string of the molecule is CC(=O)N1C[C@H]2C[C@H](n3ncc(Cl)c3C(=O)Nc3ncc(C#Cc4ccccc4)cc3C)C[C@H]2C1. The Balaban J connectivity index is 1.30. The van der Waals surface area contributed by atoms with E-state index in [2.05, 4.69) is 27.2 Å². The molecule has 3 aromatic rings. The zero-order chi connectivity index (χ0) is 24.5. The van der Waals surface area contributed by atoms with E-state index in [0.717, 1.165) is 42.6 Å². The van der Waals surface area contributed by atoms with Crippen molar-refractivity contribution >= 4 is 29.2 Å². The summed E-state index contributed by atoms with van der Waals surface area (Å²) in [6.07, 6.45) is 4.92. The van der Waals surface area contributed by atoms with Gasteiger partial charge in [0.15, 0.2) is 0 Å². The van der Waals surface area contributed by atoms with Crippen LogP contribution in [0.2, 0.25) is 5.02 Å². The molecule has 2 amide bonds. The van der Waals surface area contributed by atoms with E-state index < -0.39 is 0 Å². The molecule has 35 heavy (non-hydrogen) atoms. The van der Waals surface area contributed by atoms with Gasteiger partial charge >= 0.3 is 0 Å². The molecule has 178 valence electrons. The number of halogens is 1. The number of carbonyl (C=O) groups excluding carboxylic acids is 2. The quantitative estimate of drug-likeness (QED) is 0.558. The fraction of sp³-hybridized carbons (Fsp3) is 0.333. The van der Waals surface area contributed by atoms with Crippen LogP contribution in [0.5, 0.6) is 0 Å². The van der Waals surface area contributed by atoms with Crippen molar-refractivity contribution in [1.29, 1.82) is 0 Å². The summed E-state index contributed by atoms with van der Waals surface area (Å²) in [5.74, 6) is 7.32. The number of hydrogen-bond donors (Lipinski definition) is 1. The molecule has 1 saturated carbocycles. The van der Waals surface area contributed by atoms with Crippen molar-refractivity contribution in [2.24, 2.45) is 11.8 Å². The van der Waals surface area contributed by atoms with Crippen molar-refractivity contribution in [2.75, 3.05) is 18.4 Å². The van der Waals surface area contributed by atoms with Gasteiger partial charge in [0, 0.05) is 37.3 Å². The molecular weight excluding hydrogens is 462 g/mol. The highest BCUT2D eigenvalue weighted by molar-refractivity contribution is 6.34. The second-order valence-electron chi connectivity index (χ2n) is 9.31. The van der Waals surface area contributed by atoms with Gasteiger partial charge in [0.1, 0.15) is 11.5 Å². The number of nitrogens with zero attached hydrogens (tertiary/aromatic N) is 4. The number of aromatic nitrogens is 3. The minimum atomic E-state index is -0.339. The monoisotopic (exact) mass is 487 g/mol. The molecule has 8 heteroatoms. The minimum absolute atomic E-state index is 0.0806. The molecular formula is C27H26ClN5O2. The molecule has 1 N–H and O–H groups in total. The van der Waals surface area contributed by atoms with Gasteiger partial charge < -0.3 is 10.2 Å². The Morgan fingerprint density at radius 1 is 1.06 bits per heavy atom. The molecule has 2 fully saturated rings. The van der Waals surface area contributed by atoms with E-state index in [4.69, 9.17) is 11.6 Å². The first-order valence-corrected chi connectivity index (χ1v) is 12.1. The van der Waals surface area contributed by atoms with Crippen LogP contribution in [0.25, 0.3) is 0 Å². The summed E-state index contributed by atoms with van der Waals surface area (Å²) in [7, 11) is 0. The molecule has 0 bridgehead atoms. The van der Waals surface area contributed by atoms with Gasteiger partial charge in [-0.1, -0.05) is 41.6 Å². The van der Waals surface area contributed by atoms with E-state index in [1.807, 2.05) is 48.2 Å². The third-order valence-electron chi connectivity index (χ3n) is 6.92. The zero-order valence-electron chi connectivity index (χ0n) is 19.7. The largest absolute Gasteiger partial charge is 0.342 e. The fourth-order valence-corrected chi connectivity index (χ4v) is 5.38. The van der Waals surface area contributed by atoms with E-state index in [-0.39, 0.29) is 17.9 Å². The highest BCUT2D eigenvalue weighted by Crippen LogP contribution is 2.44. The van der Waals surface area contributed by atoms with Crippen molar-refractivity contribution in [3.63, 3.8) is 0 Å². The van der Waals surface area contributed by atoms with Crippen LogP contribution in [0.1, 0.15) is 53.0 Å². The Bertz CT molecular complexity index is 1330. The van der Waals surface area contributed by atoms with Gasteiger partial charge in [-0.3, -0.25) is 14.3 Å². The Kier molecular flexibility index (Phi) is 6.31. The number of anilines is 1. The first kappa shape index (κ1) is 23.1. The molecule has 1 aliphatic heterocycles. The lowest BCUT2D eigenvalue weighted by Crippen LogP contribution is -2.28. The number of rotatable bonds is 3. The van der Waals surface area contributed by atoms with E-state index in [9.17, 15) is 9.59 Å². The number of benzene rings is 1. The summed E-state index contributed by atoms with van der Waals surface area (Å²) in [5.41, 5.74) is 2.84. The summed E-state index contributed by atoms with van der Waals surface area (Å²) < 4.78 is 1.75. The lowest BCUT2D eigenvalue weighted by atomic mass is 10.0. The van der Waals surface area contributed by atoms with Crippen molar-refractivity contribution in [2.45, 2.75) is 32.7 Å². The van der Waals surface area contributed by atoms with Crippen molar-refractivity contribution in [1.82, 2.24) is 19.7 Å². The topological polar surface area (TPSA) is 80.1 Å². The Hall–Kier alpha value is -3.63. The van der Waals surface area contributed by atoms with Crippen LogP contribution in [0.3, 0.4) is 0 Å². The predicted octanol–water partition coefficient (Wildman–Crippen LogP) is 4.32. The molecule has 0 radical (unpaired) electrons. The van der Waals surface area contributed by atoms with Crippen LogP contribution in [0.15, 0.2) is 48.8 Å². The van der Waals surface area contributed by atoms with Gasteiger partial charge in [-0.25, -0.2) is 4.98 Å². The Morgan fingerprint density at radius 2 is 1.74 bits per heavy atom. The van der Waals surface area contributed by atoms with Crippen LogP contribution in [0, 0.1) is 30.6 Å². The van der Waals surface area contributed by atoms with E-state index in [0.29, 0.717) is 28.4 Å². The number of carbonyl (C=O) groups is 2. The first-order chi connectivity index (χ1) is 16.9. The number of aryl methyl sites for hydroxylation is 1. The zero-order valence-corrected chi connectivity index (χ0v) is 20.4. The maximum atomic E-state index is 13.2. The van der Waals surface area contributed by atoms with Gasteiger partial charge in [0.25, 0.3) is 5.91 Å². The maximum Gasteiger partial charge on any atom is 0.276 e. The summed E-state index contributed by atoms with van der Waals surface area (Å²) in [6, 6.07) is 11.7. The van der Waals surface area contributed by atoms with Gasteiger partial charge in [-0.2, -0.15) is 5.10 Å². The third kappa shape index (κ3) is 4.80. The molecule has 1 saturated heterocycles. The summed E-state index contributed by atoms with van der Waals surface area (Å²) in [5, 5.41) is 7.64. The summed E-state index contributed by atoms with van der Waals surface area (Å²) in [4.78, 5) is 31.3. The number of pyridine rings is 1. The number of hydrogen-bond acceptors (Lipinski definition) is 4. The molecule has 3 atom stereocenters. The molecule has 2 aliphatic rings. The maximum absolute atomic E-state index is 13.2. The van der Waals surface area contributed by atoms with E-state index >= 15 is 0 Å². The molecule has 5 rings (SSSR count). The lowest BCUT2D eigenvalue weighted by Gasteiger charge is -2.19. The molecule has 1 aliphatic carbocycles. The standard InChI is InChI=1S/C27H26ClN5O2/c1-17-10-20(9-8-19-6-4-3-5-7-19)13-29-26(17)31-27(35)25-24(28)14-30-33(25)23-11-21-15-32(18(2)34)16-22(21)12-23/h3-7,10,13-14,21-23H,11-12,15-16H2,1-2H3,(H,29,31,35)/t21-,22+,23+. The highest BCUT2D eigenvalue weighted by Gasteiger charge is 2.43. The lowest BCUT2D eigenvalue weighted by molar-refractivity contribution is -0.128. The number of likely N-dealkylation sites (tertiary alicyclic amines) is 1. The number of nitrogens with one attached hydrogen (secondary N) is 1. The normalized spacial score (nSPS) is 20.8. The second kappa shape index (κ2) is 9.55. The van der Waals surface area contributed by atoms with Crippen LogP contribution < -0.4 is 5.32 Å². The molecule has 7 nitrogen and oxygen atoms in total. The average Bonchev–Trinajstić information content (AvgIpc) is 3.53. The summed E-state index contributed by atoms with van der Waals surface area (Å²) in [6.45, 7) is 5.05.